The molecule has 0 radical (unpaired) electrons. The Balaban J connectivity index is 2.79. The summed E-state index contributed by atoms with van der Waals surface area (Å²) in [5.41, 5.74) is 6.03. The number of esters is 1. The lowest BCUT2D eigenvalue weighted by molar-refractivity contribution is -0.132. The lowest BCUT2D eigenvalue weighted by atomic mass is 10.2. The van der Waals surface area contributed by atoms with Crippen molar-refractivity contribution in [3.8, 4) is 11.5 Å². The number of rotatable bonds is 6. The molecular formula is C14H18N2O4. The Bertz CT molecular complexity index is 512. The van der Waals surface area contributed by atoms with Crippen LogP contribution >= 0.6 is 0 Å². The van der Waals surface area contributed by atoms with E-state index in [2.05, 4.69) is 5.32 Å². The van der Waals surface area contributed by atoms with Crippen LogP contribution in [-0.2, 0) is 9.59 Å². The average Bonchev–Trinajstić information content (AvgIpc) is 2.43. The topological polar surface area (TPSA) is 90.7 Å². The molecule has 1 aromatic carbocycles. The van der Waals surface area contributed by atoms with Crippen LogP contribution in [-0.4, -0.2) is 32.1 Å². The van der Waals surface area contributed by atoms with Gasteiger partial charge >= 0.3 is 5.97 Å². The molecule has 0 unspecified atom stereocenters. The zero-order valence-corrected chi connectivity index (χ0v) is 11.5. The van der Waals surface area contributed by atoms with E-state index in [4.69, 9.17) is 15.2 Å². The molecule has 0 aromatic heterocycles. The molecule has 0 aliphatic carbocycles. The maximum atomic E-state index is 11.4. The van der Waals surface area contributed by atoms with Gasteiger partial charge in [0.25, 0.3) is 0 Å². The average molecular weight is 278 g/mol. The molecule has 0 bridgehead atoms. The molecule has 0 fully saturated rings. The maximum absolute atomic E-state index is 11.4. The molecule has 0 heterocycles. The first-order valence-electron chi connectivity index (χ1n) is 6.09. The molecule has 6 nitrogen and oxygen atoms in total. The van der Waals surface area contributed by atoms with Crippen LogP contribution in [0, 0.1) is 0 Å². The summed E-state index contributed by atoms with van der Waals surface area (Å²) in [6.07, 6.45) is 3.03. The molecule has 0 aliphatic heterocycles. The SMILES string of the molecule is COc1cc(C=CC(=O)NCCN)ccc1OC(C)=O. The number of benzene rings is 1. The largest absolute Gasteiger partial charge is 0.493 e. The molecule has 6 heteroatoms. The normalized spacial score (nSPS) is 10.3. The highest BCUT2D eigenvalue weighted by Crippen LogP contribution is 2.28. The van der Waals surface area contributed by atoms with E-state index >= 15 is 0 Å². The highest BCUT2D eigenvalue weighted by molar-refractivity contribution is 5.91. The Hall–Kier alpha value is -2.34. The molecule has 0 saturated heterocycles. The molecule has 20 heavy (non-hydrogen) atoms. The number of ether oxygens (including phenoxy) is 2. The highest BCUT2D eigenvalue weighted by atomic mass is 16.6. The second-order valence-corrected chi connectivity index (χ2v) is 3.92. The molecular weight excluding hydrogens is 260 g/mol. The highest BCUT2D eigenvalue weighted by Gasteiger charge is 2.07. The zero-order valence-electron chi connectivity index (χ0n) is 11.5. The number of nitrogens with two attached hydrogens (primary N) is 1. The van der Waals surface area contributed by atoms with E-state index in [1.165, 1.54) is 20.1 Å². The zero-order chi connectivity index (χ0) is 15.0. The molecule has 0 aliphatic rings. The van der Waals surface area contributed by atoms with Gasteiger partial charge in [-0.05, 0) is 23.8 Å². The van der Waals surface area contributed by atoms with Gasteiger partial charge in [-0.1, -0.05) is 6.07 Å². The van der Waals surface area contributed by atoms with Crippen molar-refractivity contribution in [2.45, 2.75) is 6.92 Å². The van der Waals surface area contributed by atoms with E-state index in [9.17, 15) is 9.59 Å². The van der Waals surface area contributed by atoms with Crippen molar-refractivity contribution >= 4 is 18.0 Å². The van der Waals surface area contributed by atoms with Gasteiger partial charge in [0.15, 0.2) is 11.5 Å². The second-order valence-electron chi connectivity index (χ2n) is 3.92. The molecule has 1 rings (SSSR count). The van der Waals surface area contributed by atoms with Crippen LogP contribution in [0.5, 0.6) is 11.5 Å². The first-order valence-corrected chi connectivity index (χ1v) is 6.09. The molecule has 108 valence electrons. The minimum absolute atomic E-state index is 0.224. The smallest absolute Gasteiger partial charge is 0.308 e. The third-order valence-electron chi connectivity index (χ3n) is 2.31. The van der Waals surface area contributed by atoms with Crippen molar-refractivity contribution in [2.24, 2.45) is 5.73 Å². The van der Waals surface area contributed by atoms with Crippen molar-refractivity contribution in [3.05, 3.63) is 29.8 Å². The lowest BCUT2D eigenvalue weighted by Gasteiger charge is -2.08. The van der Waals surface area contributed by atoms with Crippen LogP contribution in [0.15, 0.2) is 24.3 Å². The fourth-order valence-corrected chi connectivity index (χ4v) is 1.45. The van der Waals surface area contributed by atoms with Gasteiger partial charge in [-0.3, -0.25) is 9.59 Å². The van der Waals surface area contributed by atoms with Crippen LogP contribution in [0.25, 0.3) is 6.08 Å². The summed E-state index contributed by atoms with van der Waals surface area (Å²) in [6, 6.07) is 5.00. The predicted molar refractivity (Wildman–Crippen MR) is 75.4 cm³/mol. The molecule has 0 spiro atoms. The number of hydrogen-bond acceptors (Lipinski definition) is 5. The van der Waals surface area contributed by atoms with Crippen LogP contribution in [0.4, 0.5) is 0 Å². The van der Waals surface area contributed by atoms with E-state index in [0.29, 0.717) is 24.6 Å². The summed E-state index contributed by atoms with van der Waals surface area (Å²) in [5.74, 6) is 0.112. The quantitative estimate of drug-likeness (QED) is 0.454. The van der Waals surface area contributed by atoms with Crippen LogP contribution in [0.2, 0.25) is 0 Å². The van der Waals surface area contributed by atoms with Crippen LogP contribution in [0.3, 0.4) is 0 Å². The third kappa shape index (κ3) is 5.11. The Morgan fingerprint density at radius 2 is 2.10 bits per heavy atom. The Morgan fingerprint density at radius 3 is 2.70 bits per heavy atom. The predicted octanol–water partition coefficient (Wildman–Crippen LogP) is 0.709. The van der Waals surface area contributed by atoms with Gasteiger partial charge in [-0.2, -0.15) is 0 Å². The molecule has 0 atom stereocenters. The second kappa shape index (κ2) is 7.96. The fraction of sp³-hybridized carbons (Fsp3) is 0.286. The summed E-state index contributed by atoms with van der Waals surface area (Å²) >= 11 is 0. The molecule has 1 aromatic rings. The number of methoxy groups -OCH3 is 1. The molecule has 1 amide bonds. The standard InChI is InChI=1S/C14H18N2O4/c1-10(17)20-12-5-3-11(9-13(12)19-2)4-6-14(18)16-8-7-15/h3-6,9H,7-8,15H2,1-2H3,(H,16,18). The van der Waals surface area contributed by atoms with Gasteiger partial charge in [0.1, 0.15) is 0 Å². The van der Waals surface area contributed by atoms with Gasteiger partial charge in [-0.25, -0.2) is 0 Å². The Kier molecular flexibility index (Phi) is 6.25. The lowest BCUT2D eigenvalue weighted by Crippen LogP contribution is -2.27. The monoisotopic (exact) mass is 278 g/mol. The maximum Gasteiger partial charge on any atom is 0.308 e. The van der Waals surface area contributed by atoms with E-state index in [-0.39, 0.29) is 5.91 Å². The number of hydrogen-bond donors (Lipinski definition) is 2. The third-order valence-corrected chi connectivity index (χ3v) is 2.31. The first kappa shape index (κ1) is 15.7. The number of carbonyl (C=O) groups is 2. The van der Waals surface area contributed by atoms with Gasteiger partial charge < -0.3 is 20.5 Å². The van der Waals surface area contributed by atoms with E-state index in [0.717, 1.165) is 5.56 Å². The minimum Gasteiger partial charge on any atom is -0.493 e. The molecule has 0 saturated carbocycles. The van der Waals surface area contributed by atoms with Gasteiger partial charge in [0.05, 0.1) is 7.11 Å². The summed E-state index contributed by atoms with van der Waals surface area (Å²) in [7, 11) is 1.48. The Labute approximate surface area is 117 Å². The summed E-state index contributed by atoms with van der Waals surface area (Å²) in [4.78, 5) is 22.3. The number of nitrogens with one attached hydrogen (secondary N) is 1. The van der Waals surface area contributed by atoms with Crippen molar-refractivity contribution in [3.63, 3.8) is 0 Å². The van der Waals surface area contributed by atoms with Gasteiger partial charge in [0.2, 0.25) is 5.91 Å². The van der Waals surface area contributed by atoms with Gasteiger partial charge in [0, 0.05) is 26.1 Å². The van der Waals surface area contributed by atoms with E-state index < -0.39 is 5.97 Å². The van der Waals surface area contributed by atoms with Crippen molar-refractivity contribution in [1.82, 2.24) is 5.32 Å². The molecule has 3 N–H and O–H groups in total. The summed E-state index contributed by atoms with van der Waals surface area (Å²) in [5, 5.41) is 2.62. The first-order chi connectivity index (χ1) is 9.56. The van der Waals surface area contributed by atoms with Gasteiger partial charge in [-0.15, -0.1) is 0 Å². The minimum atomic E-state index is -0.423. The Morgan fingerprint density at radius 1 is 1.35 bits per heavy atom. The van der Waals surface area contributed by atoms with Crippen molar-refractivity contribution < 1.29 is 19.1 Å². The summed E-state index contributed by atoms with van der Waals surface area (Å²) < 4.78 is 10.1. The number of carbonyl (C=O) groups excluding carboxylic acids is 2. The van der Waals surface area contributed by atoms with E-state index in [1.54, 1.807) is 24.3 Å². The van der Waals surface area contributed by atoms with Crippen molar-refractivity contribution in [2.75, 3.05) is 20.2 Å². The fourth-order valence-electron chi connectivity index (χ4n) is 1.45. The van der Waals surface area contributed by atoms with E-state index in [1.807, 2.05) is 0 Å². The van der Waals surface area contributed by atoms with Crippen molar-refractivity contribution in [1.29, 1.82) is 0 Å². The summed E-state index contributed by atoms with van der Waals surface area (Å²) in [6.45, 7) is 2.14. The number of amides is 1. The van der Waals surface area contributed by atoms with Crippen LogP contribution in [0.1, 0.15) is 12.5 Å². The van der Waals surface area contributed by atoms with Crippen LogP contribution < -0.4 is 20.5 Å².